The molecule has 2 fully saturated rings. The maximum Gasteiger partial charge on any atom is 0.191 e. The summed E-state index contributed by atoms with van der Waals surface area (Å²) in [5, 5.41) is 6.84. The first-order valence-corrected chi connectivity index (χ1v) is 11.3. The normalized spacial score (nSPS) is 18.6. The second kappa shape index (κ2) is 12.0. The van der Waals surface area contributed by atoms with Gasteiger partial charge in [0.2, 0.25) is 0 Å². The largest absolute Gasteiger partial charge is 0.497 e. The summed E-state index contributed by atoms with van der Waals surface area (Å²) in [5.41, 5.74) is 1.31. The van der Waals surface area contributed by atoms with E-state index in [-0.39, 0.29) is 0 Å². The molecular weight excluding hydrogens is 364 g/mol. The van der Waals surface area contributed by atoms with Crippen LogP contribution >= 0.6 is 0 Å². The Labute approximate surface area is 176 Å². The highest BCUT2D eigenvalue weighted by atomic mass is 16.5. The molecule has 1 aliphatic heterocycles. The number of hydrogen-bond acceptors (Lipinski definition) is 4. The molecule has 0 radical (unpaired) electrons. The van der Waals surface area contributed by atoms with E-state index < -0.39 is 0 Å². The summed E-state index contributed by atoms with van der Waals surface area (Å²) < 4.78 is 11.0. The van der Waals surface area contributed by atoms with Gasteiger partial charge in [0.05, 0.1) is 19.7 Å². The van der Waals surface area contributed by atoms with Crippen LogP contribution in [0.15, 0.2) is 29.3 Å². The van der Waals surface area contributed by atoms with Crippen LogP contribution in [-0.4, -0.2) is 63.9 Å². The Hall–Kier alpha value is -1.79. The zero-order chi connectivity index (χ0) is 20.3. The minimum Gasteiger partial charge on any atom is -0.497 e. The molecule has 1 saturated heterocycles. The summed E-state index contributed by atoms with van der Waals surface area (Å²) in [7, 11) is 1.71. The van der Waals surface area contributed by atoms with Gasteiger partial charge in [0, 0.05) is 26.3 Å². The average molecular weight is 403 g/mol. The van der Waals surface area contributed by atoms with E-state index in [4.69, 9.17) is 14.5 Å². The van der Waals surface area contributed by atoms with Crippen molar-refractivity contribution in [3.05, 3.63) is 29.8 Å². The molecule has 1 heterocycles. The van der Waals surface area contributed by atoms with E-state index in [1.807, 2.05) is 12.1 Å². The molecule has 1 unspecified atom stereocenters. The number of rotatable bonds is 12. The number of aliphatic imine (C=N–C) groups is 1. The minimum absolute atomic E-state index is 0.306. The molecule has 1 aromatic carbocycles. The van der Waals surface area contributed by atoms with Gasteiger partial charge in [-0.05, 0) is 75.7 Å². The fraction of sp³-hybridized carbons (Fsp3) is 0.696. The lowest BCUT2D eigenvalue weighted by Crippen LogP contribution is -2.39. The summed E-state index contributed by atoms with van der Waals surface area (Å²) in [6, 6.07) is 8.75. The molecule has 29 heavy (non-hydrogen) atoms. The minimum atomic E-state index is 0.306. The zero-order valence-electron chi connectivity index (χ0n) is 18.2. The standard InChI is InChI=1S/C23H38N4O2/c1-3-24-23(25-13-6-16-29-18-19-7-8-19)26-17-22(27-14-4-5-15-27)20-9-11-21(28-2)12-10-20/h9-12,19,22H,3-8,13-18H2,1-2H3,(H2,24,25,26). The second-order valence-corrected chi connectivity index (χ2v) is 8.05. The van der Waals surface area contributed by atoms with Crippen LogP contribution in [0.25, 0.3) is 0 Å². The van der Waals surface area contributed by atoms with Crippen molar-refractivity contribution in [1.29, 1.82) is 0 Å². The van der Waals surface area contributed by atoms with Gasteiger partial charge in [0.15, 0.2) is 5.96 Å². The summed E-state index contributed by atoms with van der Waals surface area (Å²) in [6.07, 6.45) is 6.25. The van der Waals surface area contributed by atoms with Gasteiger partial charge in [-0.25, -0.2) is 0 Å². The molecule has 6 heteroatoms. The Morgan fingerprint density at radius 2 is 1.93 bits per heavy atom. The van der Waals surface area contributed by atoms with E-state index in [1.165, 1.54) is 31.2 Å². The van der Waals surface area contributed by atoms with Crippen LogP contribution < -0.4 is 15.4 Å². The first kappa shape index (κ1) is 21.9. The number of nitrogens with one attached hydrogen (secondary N) is 2. The van der Waals surface area contributed by atoms with Crippen molar-refractivity contribution in [3.8, 4) is 5.75 Å². The maximum absolute atomic E-state index is 5.72. The van der Waals surface area contributed by atoms with Crippen molar-refractivity contribution in [2.45, 2.75) is 45.1 Å². The number of ether oxygens (including phenoxy) is 2. The van der Waals surface area contributed by atoms with Crippen molar-refractivity contribution < 1.29 is 9.47 Å². The van der Waals surface area contributed by atoms with Crippen molar-refractivity contribution >= 4 is 5.96 Å². The van der Waals surface area contributed by atoms with Crippen molar-refractivity contribution in [2.24, 2.45) is 10.9 Å². The summed E-state index contributed by atoms with van der Waals surface area (Å²) in [5.74, 6) is 2.63. The topological polar surface area (TPSA) is 58.1 Å². The van der Waals surface area contributed by atoms with E-state index in [0.29, 0.717) is 6.04 Å². The molecule has 0 spiro atoms. The smallest absolute Gasteiger partial charge is 0.191 e. The van der Waals surface area contributed by atoms with Crippen LogP contribution in [0.1, 0.15) is 50.6 Å². The lowest BCUT2D eigenvalue weighted by molar-refractivity contribution is 0.123. The number of guanidine groups is 1. The maximum atomic E-state index is 5.72. The van der Waals surface area contributed by atoms with Gasteiger partial charge >= 0.3 is 0 Å². The van der Waals surface area contributed by atoms with Gasteiger partial charge in [-0.3, -0.25) is 9.89 Å². The lowest BCUT2D eigenvalue weighted by atomic mass is 10.1. The van der Waals surface area contributed by atoms with Crippen molar-refractivity contribution in [1.82, 2.24) is 15.5 Å². The molecule has 0 aromatic heterocycles. The van der Waals surface area contributed by atoms with Crippen LogP contribution in [-0.2, 0) is 4.74 Å². The Morgan fingerprint density at radius 3 is 2.59 bits per heavy atom. The molecule has 1 aliphatic carbocycles. The highest BCUT2D eigenvalue weighted by Crippen LogP contribution is 2.29. The first-order chi connectivity index (χ1) is 14.3. The number of benzene rings is 1. The van der Waals surface area contributed by atoms with Crippen LogP contribution in [0.3, 0.4) is 0 Å². The Balaban J connectivity index is 1.53. The van der Waals surface area contributed by atoms with E-state index in [0.717, 1.165) is 70.0 Å². The monoisotopic (exact) mass is 402 g/mol. The number of hydrogen-bond donors (Lipinski definition) is 2. The molecular formula is C23H38N4O2. The zero-order valence-corrected chi connectivity index (χ0v) is 18.2. The summed E-state index contributed by atoms with van der Waals surface area (Å²) >= 11 is 0. The van der Waals surface area contributed by atoms with Crippen LogP contribution in [0.4, 0.5) is 0 Å². The van der Waals surface area contributed by atoms with E-state index in [9.17, 15) is 0 Å². The lowest BCUT2D eigenvalue weighted by Gasteiger charge is -2.27. The van der Waals surface area contributed by atoms with E-state index >= 15 is 0 Å². The molecule has 0 amide bonds. The molecule has 0 bridgehead atoms. The van der Waals surface area contributed by atoms with Gasteiger partial charge in [0.25, 0.3) is 0 Å². The van der Waals surface area contributed by atoms with Crippen LogP contribution in [0.2, 0.25) is 0 Å². The molecule has 3 rings (SSSR count). The van der Waals surface area contributed by atoms with Crippen LogP contribution in [0, 0.1) is 5.92 Å². The van der Waals surface area contributed by atoms with Gasteiger partial charge < -0.3 is 20.1 Å². The Kier molecular flexibility index (Phi) is 9.09. The summed E-state index contributed by atoms with van der Waals surface area (Å²) in [4.78, 5) is 7.47. The molecule has 162 valence electrons. The quantitative estimate of drug-likeness (QED) is 0.319. The SMILES string of the molecule is CCNC(=NCC(c1ccc(OC)cc1)N1CCCC1)NCCCOCC1CC1. The van der Waals surface area contributed by atoms with Gasteiger partial charge in [-0.15, -0.1) is 0 Å². The second-order valence-electron chi connectivity index (χ2n) is 8.05. The number of methoxy groups -OCH3 is 1. The summed E-state index contributed by atoms with van der Waals surface area (Å²) in [6.45, 7) is 8.66. The third-order valence-electron chi connectivity index (χ3n) is 5.66. The van der Waals surface area contributed by atoms with E-state index in [1.54, 1.807) is 7.11 Å². The Morgan fingerprint density at radius 1 is 1.17 bits per heavy atom. The molecule has 2 N–H and O–H groups in total. The molecule has 1 saturated carbocycles. The number of likely N-dealkylation sites (tertiary alicyclic amines) is 1. The fourth-order valence-electron chi connectivity index (χ4n) is 3.75. The third kappa shape index (κ3) is 7.52. The van der Waals surface area contributed by atoms with Crippen molar-refractivity contribution in [2.75, 3.05) is 53.0 Å². The predicted octanol–water partition coefficient (Wildman–Crippen LogP) is 3.20. The average Bonchev–Trinajstić information content (AvgIpc) is 3.42. The first-order valence-electron chi connectivity index (χ1n) is 11.3. The molecule has 2 aliphatic rings. The fourth-order valence-corrected chi connectivity index (χ4v) is 3.75. The molecule has 1 atom stereocenters. The van der Waals surface area contributed by atoms with Crippen molar-refractivity contribution in [3.63, 3.8) is 0 Å². The van der Waals surface area contributed by atoms with Gasteiger partial charge in [-0.2, -0.15) is 0 Å². The van der Waals surface area contributed by atoms with Gasteiger partial charge in [0.1, 0.15) is 5.75 Å². The van der Waals surface area contributed by atoms with Crippen LogP contribution in [0.5, 0.6) is 5.75 Å². The number of nitrogens with zero attached hydrogens (tertiary/aromatic N) is 2. The van der Waals surface area contributed by atoms with Gasteiger partial charge in [-0.1, -0.05) is 12.1 Å². The third-order valence-corrected chi connectivity index (χ3v) is 5.66. The Bertz CT molecular complexity index is 610. The highest BCUT2D eigenvalue weighted by molar-refractivity contribution is 5.79. The molecule has 6 nitrogen and oxygen atoms in total. The molecule has 1 aromatic rings. The predicted molar refractivity (Wildman–Crippen MR) is 119 cm³/mol. The highest BCUT2D eigenvalue weighted by Gasteiger charge is 2.23. The van der Waals surface area contributed by atoms with E-state index in [2.05, 4.69) is 34.6 Å².